The van der Waals surface area contributed by atoms with E-state index in [2.05, 4.69) is 20.9 Å². The monoisotopic (exact) mass is 415 g/mol. The lowest BCUT2D eigenvalue weighted by atomic mass is 10.1. The van der Waals surface area contributed by atoms with Crippen molar-refractivity contribution >= 4 is 38.5 Å². The summed E-state index contributed by atoms with van der Waals surface area (Å²) in [5.41, 5.74) is -2.40. The highest BCUT2D eigenvalue weighted by Crippen LogP contribution is 2.37. The van der Waals surface area contributed by atoms with Crippen LogP contribution in [0.4, 0.5) is 22.0 Å². The van der Waals surface area contributed by atoms with Crippen LogP contribution in [0.3, 0.4) is 0 Å². The van der Waals surface area contributed by atoms with Gasteiger partial charge in [0, 0.05) is 10.9 Å². The Balaban J connectivity index is 3.49. The minimum absolute atomic E-state index is 0.107. The first-order chi connectivity index (χ1) is 7.27. The van der Waals surface area contributed by atoms with E-state index in [1.54, 1.807) is 0 Å². The third-order valence-electron chi connectivity index (χ3n) is 1.77. The molecule has 1 aromatic rings. The van der Waals surface area contributed by atoms with E-state index in [9.17, 15) is 22.0 Å². The standard InChI is InChI=1S/C8H4BrF5IN/c9-2-3-4(8(12,13)14)1-5(15)16-6(3)7(10)11/h1,7H,2H2. The van der Waals surface area contributed by atoms with Crippen LogP contribution in [0.1, 0.15) is 23.2 Å². The number of rotatable bonds is 2. The number of nitrogens with zero attached hydrogens (tertiary/aromatic N) is 1. The molecule has 1 aromatic heterocycles. The van der Waals surface area contributed by atoms with Crippen molar-refractivity contribution in [1.29, 1.82) is 0 Å². The lowest BCUT2D eigenvalue weighted by molar-refractivity contribution is -0.138. The van der Waals surface area contributed by atoms with Gasteiger partial charge in [-0.1, -0.05) is 15.9 Å². The molecule has 16 heavy (non-hydrogen) atoms. The van der Waals surface area contributed by atoms with Crippen molar-refractivity contribution < 1.29 is 22.0 Å². The number of hydrogen-bond donors (Lipinski definition) is 0. The van der Waals surface area contributed by atoms with E-state index in [1.165, 1.54) is 22.6 Å². The molecule has 0 radical (unpaired) electrons. The fourth-order valence-corrected chi connectivity index (χ4v) is 2.29. The molecule has 1 heterocycles. The molecule has 0 aromatic carbocycles. The molecular weight excluding hydrogens is 412 g/mol. The highest BCUT2D eigenvalue weighted by atomic mass is 127. The number of alkyl halides is 6. The number of hydrogen-bond acceptors (Lipinski definition) is 1. The molecule has 8 heteroatoms. The Hall–Kier alpha value is 0.01000. The summed E-state index contributed by atoms with van der Waals surface area (Å²) in [7, 11) is 0. The van der Waals surface area contributed by atoms with Crippen LogP contribution in [0.25, 0.3) is 0 Å². The predicted molar refractivity (Wildman–Crippen MR) is 59.5 cm³/mol. The second-order valence-electron chi connectivity index (χ2n) is 2.79. The largest absolute Gasteiger partial charge is 0.416 e. The first-order valence-electron chi connectivity index (χ1n) is 3.88. The van der Waals surface area contributed by atoms with Crippen molar-refractivity contribution in [2.75, 3.05) is 0 Å². The van der Waals surface area contributed by atoms with Crippen LogP contribution in [0.5, 0.6) is 0 Å². The predicted octanol–water partition coefficient (Wildman–Crippen LogP) is 4.54. The molecule has 0 atom stereocenters. The lowest BCUT2D eigenvalue weighted by Crippen LogP contribution is -2.13. The Morgan fingerprint density at radius 2 is 1.94 bits per heavy atom. The molecule has 0 aliphatic carbocycles. The van der Waals surface area contributed by atoms with Crippen molar-refractivity contribution in [1.82, 2.24) is 4.98 Å². The second kappa shape index (κ2) is 5.11. The van der Waals surface area contributed by atoms with Gasteiger partial charge < -0.3 is 0 Å². The van der Waals surface area contributed by atoms with Gasteiger partial charge in [0.05, 0.1) is 5.56 Å². The van der Waals surface area contributed by atoms with Crippen LogP contribution in [0.15, 0.2) is 6.07 Å². The van der Waals surface area contributed by atoms with E-state index in [-0.39, 0.29) is 9.03 Å². The zero-order valence-corrected chi connectivity index (χ0v) is 11.2. The van der Waals surface area contributed by atoms with Crippen molar-refractivity contribution in [2.24, 2.45) is 0 Å². The maximum absolute atomic E-state index is 12.6. The fraction of sp³-hybridized carbons (Fsp3) is 0.375. The maximum Gasteiger partial charge on any atom is 0.416 e. The van der Waals surface area contributed by atoms with Crippen LogP contribution in [0, 0.1) is 3.70 Å². The van der Waals surface area contributed by atoms with Crippen LogP contribution in [-0.2, 0) is 11.5 Å². The van der Waals surface area contributed by atoms with Gasteiger partial charge in [-0.05, 0) is 28.7 Å². The summed E-state index contributed by atoms with van der Waals surface area (Å²) in [5, 5.41) is -0.314. The second-order valence-corrected chi connectivity index (χ2v) is 4.45. The minimum atomic E-state index is -4.66. The number of pyridine rings is 1. The summed E-state index contributed by atoms with van der Waals surface area (Å²) in [6.45, 7) is 0. The van der Waals surface area contributed by atoms with Crippen molar-refractivity contribution in [3.05, 3.63) is 26.6 Å². The molecule has 0 aliphatic heterocycles. The Kier molecular flexibility index (Phi) is 4.49. The molecule has 0 amide bonds. The lowest BCUT2D eigenvalue weighted by Gasteiger charge is -2.14. The van der Waals surface area contributed by atoms with Gasteiger partial charge in [-0.15, -0.1) is 0 Å². The zero-order chi connectivity index (χ0) is 12.5. The van der Waals surface area contributed by atoms with Gasteiger partial charge in [-0.2, -0.15) is 13.2 Å². The molecular formula is C8H4BrF5IN. The number of halogens is 7. The highest BCUT2D eigenvalue weighted by molar-refractivity contribution is 14.1. The van der Waals surface area contributed by atoms with E-state index in [0.717, 1.165) is 6.07 Å². The smallest absolute Gasteiger partial charge is 0.241 e. The van der Waals surface area contributed by atoms with Gasteiger partial charge in [0.15, 0.2) is 0 Å². The highest BCUT2D eigenvalue weighted by Gasteiger charge is 2.36. The average Bonchev–Trinajstić information content (AvgIpc) is 2.14. The van der Waals surface area contributed by atoms with E-state index in [4.69, 9.17) is 0 Å². The summed E-state index contributed by atoms with van der Waals surface area (Å²) in [4.78, 5) is 3.42. The van der Waals surface area contributed by atoms with Gasteiger partial charge in [-0.3, -0.25) is 0 Å². The molecule has 0 spiro atoms. The summed E-state index contributed by atoms with van der Waals surface area (Å²) >= 11 is 4.25. The van der Waals surface area contributed by atoms with Gasteiger partial charge in [0.2, 0.25) is 0 Å². The van der Waals surface area contributed by atoms with Crippen LogP contribution < -0.4 is 0 Å². The van der Waals surface area contributed by atoms with Gasteiger partial charge >= 0.3 is 6.18 Å². The molecule has 0 unspecified atom stereocenters. The summed E-state index contributed by atoms with van der Waals surface area (Å²) in [6.07, 6.45) is -7.68. The Bertz CT molecular complexity index is 393. The van der Waals surface area contributed by atoms with Gasteiger partial charge in [-0.25, -0.2) is 13.8 Å². The summed E-state index contributed by atoms with van der Waals surface area (Å²) < 4.78 is 62.6. The first-order valence-corrected chi connectivity index (χ1v) is 6.08. The molecule has 90 valence electrons. The van der Waals surface area contributed by atoms with Crippen LogP contribution in [0.2, 0.25) is 0 Å². The van der Waals surface area contributed by atoms with E-state index in [0.29, 0.717) is 0 Å². The average molecular weight is 416 g/mol. The molecule has 1 nitrogen and oxygen atoms in total. The third kappa shape index (κ3) is 3.02. The minimum Gasteiger partial charge on any atom is -0.241 e. The first kappa shape index (κ1) is 14.1. The quantitative estimate of drug-likeness (QED) is 0.299. The maximum atomic E-state index is 12.6. The molecule has 0 saturated carbocycles. The van der Waals surface area contributed by atoms with Crippen LogP contribution in [-0.4, -0.2) is 4.98 Å². The topological polar surface area (TPSA) is 12.9 Å². The van der Waals surface area contributed by atoms with E-state index >= 15 is 0 Å². The van der Waals surface area contributed by atoms with Gasteiger partial charge in [0.25, 0.3) is 6.43 Å². The van der Waals surface area contributed by atoms with Crippen molar-refractivity contribution in [3.8, 4) is 0 Å². The molecule has 0 bridgehead atoms. The Morgan fingerprint density at radius 1 is 1.38 bits per heavy atom. The van der Waals surface area contributed by atoms with Crippen molar-refractivity contribution in [3.63, 3.8) is 0 Å². The van der Waals surface area contributed by atoms with Crippen molar-refractivity contribution in [2.45, 2.75) is 17.9 Å². The normalized spacial score (nSPS) is 12.2. The Labute approximate surface area is 110 Å². The Morgan fingerprint density at radius 3 is 2.31 bits per heavy atom. The zero-order valence-electron chi connectivity index (χ0n) is 7.45. The van der Waals surface area contributed by atoms with Crippen LogP contribution >= 0.6 is 38.5 Å². The van der Waals surface area contributed by atoms with E-state index in [1.807, 2.05) is 0 Å². The SMILES string of the molecule is FC(F)c1nc(I)cc(C(F)(F)F)c1CBr. The molecule has 0 saturated heterocycles. The molecule has 0 fully saturated rings. The van der Waals surface area contributed by atoms with E-state index < -0.39 is 29.4 Å². The molecule has 0 N–H and O–H groups in total. The molecule has 0 aliphatic rings. The summed E-state index contributed by atoms with van der Waals surface area (Å²) in [6, 6.07) is 0.753. The van der Waals surface area contributed by atoms with Gasteiger partial charge in [0.1, 0.15) is 9.39 Å². The fourth-order valence-electron chi connectivity index (χ4n) is 1.13. The number of aromatic nitrogens is 1. The third-order valence-corrected chi connectivity index (χ3v) is 2.88. The molecule has 1 rings (SSSR count). The summed E-state index contributed by atoms with van der Waals surface area (Å²) in [5.74, 6) is 0.